The minimum Gasteiger partial charge on any atom is -0.497 e. The molecule has 0 fully saturated rings. The Morgan fingerprint density at radius 3 is 2.38 bits per heavy atom. The molecule has 0 bridgehead atoms. The number of aromatic nitrogens is 1. The van der Waals surface area contributed by atoms with Crippen LogP contribution in [-0.4, -0.2) is 22.5 Å². The molecule has 4 aromatic rings. The van der Waals surface area contributed by atoms with Gasteiger partial charge in [0.25, 0.3) is 5.91 Å². The molecule has 0 aliphatic carbocycles. The number of hydrogen-bond donors (Lipinski definition) is 1. The molecule has 3 aromatic carbocycles. The van der Waals surface area contributed by atoms with Crippen LogP contribution < -0.4 is 14.8 Å². The number of halogens is 3. The predicted molar refractivity (Wildman–Crippen MR) is 149 cm³/mol. The van der Waals surface area contributed by atoms with Gasteiger partial charge in [-0.25, -0.2) is 0 Å². The third-order valence-corrected chi connectivity index (χ3v) is 6.27. The Labute approximate surface area is 238 Å². The van der Waals surface area contributed by atoms with Crippen molar-refractivity contribution < 1.29 is 32.4 Å². The van der Waals surface area contributed by atoms with E-state index < -0.39 is 28.3 Å². The lowest BCUT2D eigenvalue weighted by atomic mass is 10.1. The number of carbonyl (C=O) groups excluding carboxylic acids is 1. The fourth-order valence-corrected chi connectivity index (χ4v) is 4.25. The van der Waals surface area contributed by atoms with Crippen molar-refractivity contribution in [3.63, 3.8) is 0 Å². The molecule has 4 rings (SSSR count). The van der Waals surface area contributed by atoms with Crippen molar-refractivity contribution in [2.24, 2.45) is 0 Å². The van der Waals surface area contributed by atoms with Crippen LogP contribution >= 0.6 is 0 Å². The molecule has 0 radical (unpaired) electrons. The number of nitro groups is 1. The highest BCUT2D eigenvalue weighted by atomic mass is 19.4. The van der Waals surface area contributed by atoms with E-state index in [-0.39, 0.29) is 17.1 Å². The van der Waals surface area contributed by atoms with Crippen LogP contribution in [0.3, 0.4) is 0 Å². The van der Waals surface area contributed by atoms with Crippen molar-refractivity contribution in [1.82, 2.24) is 4.57 Å². The highest BCUT2D eigenvalue weighted by molar-refractivity contribution is 6.09. The Kier molecular flexibility index (Phi) is 8.33. The standard InChI is InChI=1S/C30H23F3N4O5/c1-18-13-20(14-21(17-34)29(38)35-23-5-4-6-26(16-23)41-3)19(2)36(18)24-8-10-25(11-9-24)42-28-12-7-22(30(31,32)33)15-27(28)37(39)40/h4-16H,1-3H3,(H,35,38)/b21-14+. The number of rotatable bonds is 8. The van der Waals surface area contributed by atoms with E-state index in [0.29, 0.717) is 34.8 Å². The first-order valence-corrected chi connectivity index (χ1v) is 12.3. The number of nitriles is 1. The monoisotopic (exact) mass is 576 g/mol. The molecule has 1 N–H and O–H groups in total. The summed E-state index contributed by atoms with van der Waals surface area (Å²) in [4.78, 5) is 23.2. The molecule has 0 spiro atoms. The third kappa shape index (κ3) is 6.42. The SMILES string of the molecule is COc1cccc(NC(=O)/C(C#N)=C/c2cc(C)n(-c3ccc(Oc4ccc(C(F)(F)F)cc4[N+](=O)[O-])cc3)c2C)c1. The third-order valence-electron chi connectivity index (χ3n) is 6.27. The molecule has 0 aliphatic heterocycles. The van der Waals surface area contributed by atoms with Gasteiger partial charge in [-0.2, -0.15) is 18.4 Å². The number of alkyl halides is 3. The number of nitro benzene ring substituents is 1. The van der Waals surface area contributed by atoms with E-state index >= 15 is 0 Å². The zero-order valence-corrected chi connectivity index (χ0v) is 22.5. The molecule has 0 unspecified atom stereocenters. The van der Waals surface area contributed by atoms with Crippen molar-refractivity contribution in [2.45, 2.75) is 20.0 Å². The van der Waals surface area contributed by atoms with Crippen LogP contribution in [0.5, 0.6) is 17.2 Å². The van der Waals surface area contributed by atoms with Gasteiger partial charge in [-0.1, -0.05) is 6.07 Å². The van der Waals surface area contributed by atoms with Crippen molar-refractivity contribution >= 4 is 23.4 Å². The summed E-state index contributed by atoms with van der Waals surface area (Å²) >= 11 is 0. The number of aryl methyl sites for hydroxylation is 1. The van der Waals surface area contributed by atoms with Crippen LogP contribution in [0, 0.1) is 35.3 Å². The predicted octanol–water partition coefficient (Wildman–Crippen LogP) is 7.37. The van der Waals surface area contributed by atoms with Gasteiger partial charge in [0, 0.05) is 34.9 Å². The van der Waals surface area contributed by atoms with Crippen LogP contribution in [0.1, 0.15) is 22.5 Å². The number of hydrogen-bond acceptors (Lipinski definition) is 6. The molecule has 0 saturated heterocycles. The zero-order chi connectivity index (χ0) is 30.6. The van der Waals surface area contributed by atoms with Gasteiger partial charge in [-0.15, -0.1) is 0 Å². The highest BCUT2D eigenvalue weighted by Gasteiger charge is 2.33. The van der Waals surface area contributed by atoms with E-state index in [1.54, 1.807) is 36.4 Å². The summed E-state index contributed by atoms with van der Waals surface area (Å²) in [6.07, 6.45) is -3.26. The van der Waals surface area contributed by atoms with E-state index in [0.717, 1.165) is 17.5 Å². The molecule has 1 aromatic heterocycles. The molecule has 0 atom stereocenters. The number of benzene rings is 3. The molecular weight excluding hydrogens is 553 g/mol. The molecule has 1 heterocycles. The lowest BCUT2D eigenvalue weighted by molar-refractivity contribution is -0.385. The van der Waals surface area contributed by atoms with Gasteiger partial charge in [0.2, 0.25) is 5.75 Å². The molecule has 214 valence electrons. The summed E-state index contributed by atoms with van der Waals surface area (Å²) < 4.78 is 51.5. The summed E-state index contributed by atoms with van der Waals surface area (Å²) in [6.45, 7) is 3.65. The van der Waals surface area contributed by atoms with Crippen LogP contribution in [0.4, 0.5) is 24.5 Å². The Hall–Kier alpha value is -5.57. The van der Waals surface area contributed by atoms with Gasteiger partial charge in [-0.3, -0.25) is 14.9 Å². The first-order chi connectivity index (χ1) is 19.9. The molecule has 1 amide bonds. The summed E-state index contributed by atoms with van der Waals surface area (Å²) in [5.41, 5.74) is 1.21. The van der Waals surface area contributed by atoms with Crippen LogP contribution in [-0.2, 0) is 11.0 Å². The Bertz CT molecular complexity index is 1740. The summed E-state index contributed by atoms with van der Waals surface area (Å²) in [7, 11) is 1.50. The second-order valence-corrected chi connectivity index (χ2v) is 9.05. The van der Waals surface area contributed by atoms with E-state index in [1.165, 1.54) is 25.3 Å². The Morgan fingerprint density at radius 1 is 1.05 bits per heavy atom. The van der Waals surface area contributed by atoms with Crippen LogP contribution in [0.15, 0.2) is 78.4 Å². The van der Waals surface area contributed by atoms with E-state index in [1.807, 2.05) is 30.6 Å². The number of carbonyl (C=O) groups is 1. The maximum atomic E-state index is 13.0. The normalized spacial score (nSPS) is 11.5. The number of nitrogens with one attached hydrogen (secondary N) is 1. The first-order valence-electron chi connectivity index (χ1n) is 12.3. The van der Waals surface area contributed by atoms with Gasteiger partial charge in [0.05, 0.1) is 17.6 Å². The molecular formula is C30H23F3N4O5. The number of ether oxygens (including phenoxy) is 2. The number of nitrogens with zero attached hydrogens (tertiary/aromatic N) is 3. The molecule has 42 heavy (non-hydrogen) atoms. The molecule has 9 nitrogen and oxygen atoms in total. The lowest BCUT2D eigenvalue weighted by Crippen LogP contribution is -2.13. The quantitative estimate of drug-likeness (QED) is 0.101. The fraction of sp³-hybridized carbons (Fsp3) is 0.133. The van der Waals surface area contributed by atoms with Gasteiger partial charge in [-0.05, 0) is 80.1 Å². The van der Waals surface area contributed by atoms with E-state index in [4.69, 9.17) is 9.47 Å². The first kappa shape index (κ1) is 29.4. The minimum atomic E-state index is -4.74. The summed E-state index contributed by atoms with van der Waals surface area (Å²) in [6, 6.07) is 18.9. The molecule has 0 aliphatic rings. The smallest absolute Gasteiger partial charge is 0.416 e. The average molecular weight is 577 g/mol. The maximum Gasteiger partial charge on any atom is 0.416 e. The average Bonchev–Trinajstić information content (AvgIpc) is 3.23. The molecule has 0 saturated carbocycles. The van der Waals surface area contributed by atoms with Crippen molar-refractivity contribution in [3.05, 3.63) is 111 Å². The van der Waals surface area contributed by atoms with Crippen LogP contribution in [0.25, 0.3) is 11.8 Å². The van der Waals surface area contributed by atoms with E-state index in [2.05, 4.69) is 5.32 Å². The topological polar surface area (TPSA) is 119 Å². The van der Waals surface area contributed by atoms with Gasteiger partial charge < -0.3 is 19.4 Å². The van der Waals surface area contributed by atoms with Crippen molar-refractivity contribution in [1.29, 1.82) is 5.26 Å². The Balaban J connectivity index is 1.57. The van der Waals surface area contributed by atoms with Gasteiger partial charge >= 0.3 is 11.9 Å². The number of anilines is 1. The van der Waals surface area contributed by atoms with Crippen molar-refractivity contribution in [3.8, 4) is 29.0 Å². The maximum absolute atomic E-state index is 13.0. The van der Waals surface area contributed by atoms with Crippen molar-refractivity contribution in [2.75, 3.05) is 12.4 Å². The van der Waals surface area contributed by atoms with Gasteiger partial charge in [0.15, 0.2) is 0 Å². The van der Waals surface area contributed by atoms with Crippen LogP contribution in [0.2, 0.25) is 0 Å². The summed E-state index contributed by atoms with van der Waals surface area (Å²) in [5, 5.41) is 23.7. The number of amides is 1. The Morgan fingerprint density at radius 2 is 1.76 bits per heavy atom. The largest absolute Gasteiger partial charge is 0.497 e. The number of methoxy groups -OCH3 is 1. The highest BCUT2D eigenvalue weighted by Crippen LogP contribution is 2.38. The second-order valence-electron chi connectivity index (χ2n) is 9.05. The summed E-state index contributed by atoms with van der Waals surface area (Å²) in [5.74, 6) is -0.204. The minimum absolute atomic E-state index is 0.111. The fourth-order valence-electron chi connectivity index (χ4n) is 4.25. The zero-order valence-electron chi connectivity index (χ0n) is 22.5. The molecule has 12 heteroatoms. The van der Waals surface area contributed by atoms with E-state index in [9.17, 15) is 33.3 Å². The second kappa shape index (κ2) is 11.9. The van der Waals surface area contributed by atoms with Gasteiger partial charge in [0.1, 0.15) is 23.1 Å². The lowest BCUT2D eigenvalue weighted by Gasteiger charge is -2.12.